The van der Waals surface area contributed by atoms with Crippen LogP contribution in [0.2, 0.25) is 0 Å². The molecule has 1 amide bonds. The Morgan fingerprint density at radius 2 is 2.00 bits per heavy atom. The van der Waals surface area contributed by atoms with E-state index < -0.39 is 0 Å². The maximum absolute atomic E-state index is 12.1. The average Bonchev–Trinajstić information content (AvgIpc) is 3.10. The fourth-order valence-corrected chi connectivity index (χ4v) is 2.17. The first-order valence-electron chi connectivity index (χ1n) is 6.28. The Morgan fingerprint density at radius 1 is 1.19 bits per heavy atom. The maximum atomic E-state index is 12.1. The number of nitrogens with zero attached hydrogens (tertiary/aromatic N) is 4. The predicted octanol–water partition coefficient (Wildman–Crippen LogP) is 2.60. The van der Waals surface area contributed by atoms with Crippen molar-refractivity contribution >= 4 is 27.5 Å². The number of nitrogens with one attached hydrogen (secondary N) is 1. The molecule has 0 radical (unpaired) electrons. The van der Waals surface area contributed by atoms with Crippen molar-refractivity contribution in [2.45, 2.75) is 6.67 Å². The van der Waals surface area contributed by atoms with Gasteiger partial charge in [-0.15, -0.1) is 0 Å². The van der Waals surface area contributed by atoms with E-state index in [0.29, 0.717) is 12.4 Å². The molecule has 1 N–H and O–H groups in total. The minimum atomic E-state index is -0.235. The third-order valence-corrected chi connectivity index (χ3v) is 3.21. The number of hydrogen-bond donors (Lipinski definition) is 1. The average molecular weight is 346 g/mol. The molecule has 0 aliphatic rings. The number of carbonyl (C=O) groups excluding carboxylic acids is 1. The van der Waals surface area contributed by atoms with Crippen LogP contribution in [0.4, 0.5) is 5.69 Å². The summed E-state index contributed by atoms with van der Waals surface area (Å²) < 4.78 is 4.27. The van der Waals surface area contributed by atoms with Crippen LogP contribution in [0.1, 0.15) is 10.5 Å². The Balaban J connectivity index is 1.68. The Morgan fingerprint density at radius 3 is 2.71 bits per heavy atom. The van der Waals surface area contributed by atoms with Gasteiger partial charge in [0.15, 0.2) is 5.69 Å². The minimum absolute atomic E-state index is 0.235. The van der Waals surface area contributed by atoms with Crippen molar-refractivity contribution in [3.8, 4) is 0 Å². The van der Waals surface area contributed by atoms with Crippen molar-refractivity contribution < 1.29 is 4.79 Å². The van der Waals surface area contributed by atoms with Gasteiger partial charge in [-0.05, 0) is 34.1 Å². The van der Waals surface area contributed by atoms with Gasteiger partial charge >= 0.3 is 0 Å². The summed E-state index contributed by atoms with van der Waals surface area (Å²) in [5.41, 5.74) is 1.11. The summed E-state index contributed by atoms with van der Waals surface area (Å²) in [5, 5.41) is 11.2. The van der Waals surface area contributed by atoms with Gasteiger partial charge in [0.05, 0.1) is 10.7 Å². The van der Waals surface area contributed by atoms with Gasteiger partial charge in [0.2, 0.25) is 0 Å². The van der Waals surface area contributed by atoms with Crippen molar-refractivity contribution in [3.05, 3.63) is 65.2 Å². The molecule has 0 saturated carbocycles. The fourth-order valence-electron chi connectivity index (χ4n) is 1.84. The van der Waals surface area contributed by atoms with Crippen molar-refractivity contribution in [3.63, 3.8) is 0 Å². The van der Waals surface area contributed by atoms with Crippen LogP contribution in [0.5, 0.6) is 0 Å². The lowest BCUT2D eigenvalue weighted by atomic mass is 10.3. The zero-order chi connectivity index (χ0) is 14.7. The van der Waals surface area contributed by atoms with Crippen LogP contribution in [0.15, 0.2) is 59.5 Å². The number of carbonyl (C=O) groups is 1. The highest BCUT2D eigenvalue weighted by atomic mass is 79.9. The first-order valence-corrected chi connectivity index (χ1v) is 7.08. The SMILES string of the molecule is O=C(Nc1ccccc1)c1ccn(Cn2cc(Br)cn2)n1. The summed E-state index contributed by atoms with van der Waals surface area (Å²) in [5.74, 6) is -0.235. The van der Waals surface area contributed by atoms with Gasteiger partial charge in [-0.2, -0.15) is 10.2 Å². The van der Waals surface area contributed by atoms with Crippen LogP contribution in [-0.2, 0) is 6.67 Å². The van der Waals surface area contributed by atoms with Crippen molar-refractivity contribution in [1.29, 1.82) is 0 Å². The molecule has 7 heteroatoms. The number of hydrogen-bond acceptors (Lipinski definition) is 3. The molecule has 0 aliphatic heterocycles. The number of para-hydroxylation sites is 1. The summed E-state index contributed by atoms with van der Waals surface area (Å²) in [6, 6.07) is 11.0. The molecule has 0 saturated heterocycles. The molecule has 6 nitrogen and oxygen atoms in total. The third-order valence-electron chi connectivity index (χ3n) is 2.80. The van der Waals surface area contributed by atoms with E-state index in [4.69, 9.17) is 0 Å². The second-order valence-electron chi connectivity index (χ2n) is 4.40. The normalized spacial score (nSPS) is 10.5. The maximum Gasteiger partial charge on any atom is 0.276 e. The zero-order valence-electron chi connectivity index (χ0n) is 11.0. The van der Waals surface area contributed by atoms with E-state index in [1.807, 2.05) is 36.5 Å². The summed E-state index contributed by atoms with van der Waals surface area (Å²) in [4.78, 5) is 12.1. The van der Waals surface area contributed by atoms with Gasteiger partial charge < -0.3 is 5.32 Å². The van der Waals surface area contributed by atoms with Crippen LogP contribution in [-0.4, -0.2) is 25.5 Å². The van der Waals surface area contributed by atoms with Gasteiger partial charge in [0.25, 0.3) is 5.91 Å². The molecule has 0 atom stereocenters. The van der Waals surface area contributed by atoms with E-state index in [1.54, 1.807) is 27.8 Å². The summed E-state index contributed by atoms with van der Waals surface area (Å²) in [7, 11) is 0. The molecule has 21 heavy (non-hydrogen) atoms. The molecule has 0 spiro atoms. The monoisotopic (exact) mass is 345 g/mol. The number of benzene rings is 1. The Labute approximate surface area is 129 Å². The van der Waals surface area contributed by atoms with Crippen molar-refractivity contribution in [1.82, 2.24) is 19.6 Å². The van der Waals surface area contributed by atoms with Crippen molar-refractivity contribution in [2.24, 2.45) is 0 Å². The van der Waals surface area contributed by atoms with Gasteiger partial charge in [-0.1, -0.05) is 18.2 Å². The van der Waals surface area contributed by atoms with Gasteiger partial charge in [-0.25, -0.2) is 4.68 Å². The highest BCUT2D eigenvalue weighted by molar-refractivity contribution is 9.10. The van der Waals surface area contributed by atoms with Gasteiger partial charge in [0.1, 0.15) is 6.67 Å². The van der Waals surface area contributed by atoms with E-state index in [0.717, 1.165) is 10.2 Å². The number of anilines is 1. The predicted molar refractivity (Wildman–Crippen MR) is 81.9 cm³/mol. The van der Waals surface area contributed by atoms with Crippen LogP contribution in [0, 0.1) is 0 Å². The van der Waals surface area contributed by atoms with Crippen LogP contribution in [0.25, 0.3) is 0 Å². The van der Waals surface area contributed by atoms with E-state index in [1.165, 1.54) is 0 Å². The van der Waals surface area contributed by atoms with E-state index >= 15 is 0 Å². The highest BCUT2D eigenvalue weighted by Crippen LogP contribution is 2.08. The molecule has 0 aliphatic carbocycles. The Bertz CT molecular complexity index is 750. The summed E-state index contributed by atoms with van der Waals surface area (Å²) >= 11 is 3.33. The fraction of sp³-hybridized carbons (Fsp3) is 0.0714. The number of rotatable bonds is 4. The zero-order valence-corrected chi connectivity index (χ0v) is 12.6. The highest BCUT2D eigenvalue weighted by Gasteiger charge is 2.10. The molecule has 0 fully saturated rings. The summed E-state index contributed by atoms with van der Waals surface area (Å²) in [6.07, 6.45) is 5.29. The van der Waals surface area contributed by atoms with Crippen LogP contribution < -0.4 is 5.32 Å². The standard InChI is InChI=1S/C14H12BrN5O/c15-11-8-16-20(9-11)10-19-7-6-13(18-19)14(21)17-12-4-2-1-3-5-12/h1-9H,10H2,(H,17,21). The van der Waals surface area contributed by atoms with Crippen molar-refractivity contribution in [2.75, 3.05) is 5.32 Å². The van der Waals surface area contributed by atoms with E-state index in [-0.39, 0.29) is 5.91 Å². The molecular formula is C14H12BrN5O. The lowest BCUT2D eigenvalue weighted by molar-refractivity contribution is 0.102. The minimum Gasteiger partial charge on any atom is -0.321 e. The largest absolute Gasteiger partial charge is 0.321 e. The number of aromatic nitrogens is 4. The Hall–Kier alpha value is -2.41. The summed E-state index contributed by atoms with van der Waals surface area (Å²) in [6.45, 7) is 0.449. The lowest BCUT2D eigenvalue weighted by Crippen LogP contribution is -2.14. The van der Waals surface area contributed by atoms with E-state index in [2.05, 4.69) is 31.4 Å². The molecular weight excluding hydrogens is 334 g/mol. The third kappa shape index (κ3) is 3.38. The number of amides is 1. The first-order chi connectivity index (χ1) is 10.2. The smallest absolute Gasteiger partial charge is 0.276 e. The molecule has 3 aromatic rings. The molecule has 1 aromatic carbocycles. The topological polar surface area (TPSA) is 64.7 Å². The lowest BCUT2D eigenvalue weighted by Gasteiger charge is -2.03. The van der Waals surface area contributed by atoms with Crippen LogP contribution >= 0.6 is 15.9 Å². The quantitative estimate of drug-likeness (QED) is 0.790. The number of halogens is 1. The second kappa shape index (κ2) is 5.92. The molecule has 2 aromatic heterocycles. The molecule has 0 unspecified atom stereocenters. The molecule has 106 valence electrons. The van der Waals surface area contributed by atoms with Gasteiger partial charge in [-0.3, -0.25) is 9.48 Å². The first kappa shape index (κ1) is 13.6. The molecule has 0 bridgehead atoms. The Kier molecular flexibility index (Phi) is 3.83. The molecule has 2 heterocycles. The van der Waals surface area contributed by atoms with Gasteiger partial charge in [0, 0.05) is 18.1 Å². The molecule has 3 rings (SSSR count). The van der Waals surface area contributed by atoms with E-state index in [9.17, 15) is 4.79 Å². The second-order valence-corrected chi connectivity index (χ2v) is 5.32. The van der Waals surface area contributed by atoms with Crippen LogP contribution in [0.3, 0.4) is 0 Å².